The Morgan fingerprint density at radius 2 is 1.02 bits per heavy atom. The second kappa shape index (κ2) is 18.3. The molecule has 0 heterocycles. The first-order valence-electron chi connectivity index (χ1n) is 17.2. The molecule has 4 aromatic rings. The second-order valence-corrected chi connectivity index (χ2v) is 15.8. The Hall–Kier alpha value is -5.74. The molecule has 0 spiro atoms. The molecule has 6 N–H and O–H groups in total. The van der Waals surface area contributed by atoms with Crippen LogP contribution in [0.25, 0.3) is 0 Å². The zero-order valence-electron chi connectivity index (χ0n) is 29.7. The number of anilines is 4. The summed E-state index contributed by atoms with van der Waals surface area (Å²) in [5.74, 6) is -4.36. The first-order chi connectivity index (χ1) is 25.6. The van der Waals surface area contributed by atoms with E-state index in [-0.39, 0.29) is 40.5 Å². The molecule has 0 radical (unpaired) electrons. The van der Waals surface area contributed by atoms with Gasteiger partial charge in [0, 0.05) is 29.9 Å². The van der Waals surface area contributed by atoms with Crippen LogP contribution in [0.2, 0.25) is 0 Å². The fraction of sp³-hybridized carbons (Fsp3) is 0.263. The van der Waals surface area contributed by atoms with E-state index in [9.17, 15) is 46.2 Å². The average molecular weight is 779 g/mol. The molecule has 0 saturated heterocycles. The van der Waals surface area contributed by atoms with Gasteiger partial charge in [-0.05, 0) is 97.5 Å². The zero-order chi connectivity index (χ0) is 39.5. The van der Waals surface area contributed by atoms with Gasteiger partial charge in [-0.3, -0.25) is 19.0 Å². The number of rotatable bonds is 19. The summed E-state index contributed by atoms with van der Waals surface area (Å²) in [5.41, 5.74) is 1.04. The SMILES string of the molecule is CCCCc1ccc(NS(=O)(=O)c2ccc(NC(=O)CCC(=O)Nc3ccc(NS(=O)(=O)c4ccc(CCCC)cc4)c(C(=O)O)c3)cc2C(=O)O)cc1. The fourth-order valence-corrected chi connectivity index (χ4v) is 7.64. The lowest BCUT2D eigenvalue weighted by Gasteiger charge is -2.13. The van der Waals surface area contributed by atoms with Crippen LogP contribution in [-0.4, -0.2) is 50.8 Å². The lowest BCUT2D eigenvalue weighted by atomic mass is 10.1. The van der Waals surface area contributed by atoms with Gasteiger partial charge in [0.15, 0.2) is 0 Å². The Morgan fingerprint density at radius 1 is 0.556 bits per heavy atom. The molecule has 16 heteroatoms. The van der Waals surface area contributed by atoms with Crippen molar-refractivity contribution in [3.05, 3.63) is 107 Å². The van der Waals surface area contributed by atoms with Crippen molar-refractivity contribution in [3.8, 4) is 0 Å². The number of sulfonamides is 2. The van der Waals surface area contributed by atoms with Gasteiger partial charge < -0.3 is 20.8 Å². The van der Waals surface area contributed by atoms with Crippen LogP contribution in [0.4, 0.5) is 22.7 Å². The molecule has 0 fully saturated rings. The van der Waals surface area contributed by atoms with Gasteiger partial charge in [-0.25, -0.2) is 26.4 Å². The first kappa shape index (κ1) is 41.0. The Balaban J connectivity index is 1.36. The number of nitrogens with one attached hydrogen (secondary N) is 4. The third-order valence-electron chi connectivity index (χ3n) is 8.22. The number of carboxylic acid groups (broad SMARTS) is 2. The van der Waals surface area contributed by atoms with E-state index in [2.05, 4.69) is 33.9 Å². The minimum absolute atomic E-state index is 0.0198. The van der Waals surface area contributed by atoms with Crippen molar-refractivity contribution in [1.82, 2.24) is 0 Å². The predicted octanol–water partition coefficient (Wildman–Crippen LogP) is 6.73. The molecule has 2 amide bonds. The monoisotopic (exact) mass is 778 g/mol. The fourth-order valence-electron chi connectivity index (χ4n) is 5.32. The van der Waals surface area contributed by atoms with Crippen LogP contribution in [-0.2, 0) is 42.5 Å². The minimum atomic E-state index is -4.32. The highest BCUT2D eigenvalue weighted by Gasteiger charge is 2.24. The van der Waals surface area contributed by atoms with E-state index in [1.807, 2.05) is 0 Å². The third kappa shape index (κ3) is 11.4. The number of aromatic carboxylic acids is 2. The maximum absolute atomic E-state index is 13.1. The highest BCUT2D eigenvalue weighted by Crippen LogP contribution is 2.26. The van der Waals surface area contributed by atoms with E-state index in [0.717, 1.165) is 67.9 Å². The largest absolute Gasteiger partial charge is 0.478 e. The van der Waals surface area contributed by atoms with Crippen LogP contribution < -0.4 is 20.1 Å². The van der Waals surface area contributed by atoms with E-state index in [1.54, 1.807) is 36.4 Å². The molecular formula is C38H42N4O10S2. The molecule has 4 rings (SSSR count). The number of carbonyl (C=O) groups is 4. The lowest BCUT2D eigenvalue weighted by molar-refractivity contribution is -0.121. The quantitative estimate of drug-likeness (QED) is 0.0589. The second-order valence-electron chi connectivity index (χ2n) is 12.4. The molecule has 0 aliphatic rings. The maximum atomic E-state index is 13.1. The summed E-state index contributed by atoms with van der Waals surface area (Å²) in [7, 11) is -8.45. The molecule has 0 aliphatic carbocycles. The molecule has 0 saturated carbocycles. The van der Waals surface area contributed by atoms with Crippen molar-refractivity contribution in [1.29, 1.82) is 0 Å². The first-order valence-corrected chi connectivity index (χ1v) is 20.2. The number of benzene rings is 4. The zero-order valence-corrected chi connectivity index (χ0v) is 31.3. The highest BCUT2D eigenvalue weighted by molar-refractivity contribution is 7.93. The van der Waals surface area contributed by atoms with Gasteiger partial charge in [-0.2, -0.15) is 0 Å². The molecule has 54 heavy (non-hydrogen) atoms. The van der Waals surface area contributed by atoms with E-state index in [4.69, 9.17) is 0 Å². The summed E-state index contributed by atoms with van der Waals surface area (Å²) in [4.78, 5) is 48.8. The Morgan fingerprint density at radius 3 is 1.52 bits per heavy atom. The summed E-state index contributed by atoms with van der Waals surface area (Å²) in [6, 6.07) is 19.9. The van der Waals surface area contributed by atoms with Gasteiger partial charge in [-0.1, -0.05) is 51.0 Å². The van der Waals surface area contributed by atoms with Crippen LogP contribution in [0.3, 0.4) is 0 Å². The van der Waals surface area contributed by atoms with E-state index >= 15 is 0 Å². The number of carbonyl (C=O) groups excluding carboxylic acids is 2. The number of amides is 2. The number of hydrogen-bond acceptors (Lipinski definition) is 8. The number of unbranched alkanes of at least 4 members (excludes halogenated alkanes) is 2. The Labute approximate surface area is 314 Å². The van der Waals surface area contributed by atoms with Crippen LogP contribution in [0.5, 0.6) is 0 Å². The Kier molecular flexibility index (Phi) is 13.9. The van der Waals surface area contributed by atoms with Gasteiger partial charge in [0.2, 0.25) is 11.8 Å². The molecule has 4 aromatic carbocycles. The standard InChI is InChI=1S/C38H42N4O10S2/c1-3-5-7-25-9-13-27(14-10-25)41-54(51,52)34-20-16-29(24-32(34)38(47)48)40-36(44)22-21-35(43)39-28-15-19-33(31(23-28)37(45)46)42-53(49,50)30-17-11-26(12-18-30)8-6-4-2/h9-20,23-24,41-42H,3-8,21-22H2,1-2H3,(H,39,43)(H,40,44)(H,45,46)(H,47,48). The third-order valence-corrected chi connectivity index (χ3v) is 11.0. The Bertz CT molecular complexity index is 2220. The van der Waals surface area contributed by atoms with Gasteiger partial charge in [0.25, 0.3) is 20.0 Å². The lowest BCUT2D eigenvalue weighted by Crippen LogP contribution is -2.19. The number of carboxylic acids is 2. The molecule has 286 valence electrons. The molecule has 0 atom stereocenters. The van der Waals surface area contributed by atoms with Crippen molar-refractivity contribution in [2.75, 3.05) is 20.1 Å². The van der Waals surface area contributed by atoms with Crippen molar-refractivity contribution in [2.24, 2.45) is 0 Å². The summed E-state index contributed by atoms with van der Waals surface area (Å²) in [6.45, 7) is 4.12. The van der Waals surface area contributed by atoms with Gasteiger partial charge in [0.1, 0.15) is 4.90 Å². The summed E-state index contributed by atoms with van der Waals surface area (Å²) >= 11 is 0. The van der Waals surface area contributed by atoms with Crippen LogP contribution in [0.1, 0.15) is 84.2 Å². The van der Waals surface area contributed by atoms with Crippen LogP contribution >= 0.6 is 0 Å². The van der Waals surface area contributed by atoms with Crippen molar-refractivity contribution >= 4 is 66.5 Å². The van der Waals surface area contributed by atoms with Crippen molar-refractivity contribution in [3.63, 3.8) is 0 Å². The highest BCUT2D eigenvalue weighted by atomic mass is 32.2. The average Bonchev–Trinajstić information content (AvgIpc) is 3.13. The van der Waals surface area contributed by atoms with Gasteiger partial charge in [0.05, 0.1) is 21.7 Å². The smallest absolute Gasteiger partial charge is 0.337 e. The molecule has 0 unspecified atom stereocenters. The number of aryl methyl sites for hydroxylation is 2. The maximum Gasteiger partial charge on any atom is 0.337 e. The van der Waals surface area contributed by atoms with Crippen LogP contribution in [0, 0.1) is 0 Å². The number of hydrogen-bond donors (Lipinski definition) is 6. The van der Waals surface area contributed by atoms with E-state index in [0.29, 0.717) is 0 Å². The predicted molar refractivity (Wildman–Crippen MR) is 205 cm³/mol. The van der Waals surface area contributed by atoms with E-state index < -0.39 is 59.8 Å². The van der Waals surface area contributed by atoms with Gasteiger partial charge in [-0.15, -0.1) is 0 Å². The van der Waals surface area contributed by atoms with Gasteiger partial charge >= 0.3 is 11.9 Å². The van der Waals surface area contributed by atoms with Crippen LogP contribution in [0.15, 0.2) is 94.7 Å². The normalized spacial score (nSPS) is 11.4. The molecule has 0 aliphatic heterocycles. The summed E-state index contributed by atoms with van der Waals surface area (Å²) in [5, 5.41) is 24.5. The molecule has 0 bridgehead atoms. The van der Waals surface area contributed by atoms with Crippen molar-refractivity contribution < 1.29 is 46.2 Å². The van der Waals surface area contributed by atoms with Crippen molar-refractivity contribution in [2.45, 2.75) is 75.0 Å². The minimum Gasteiger partial charge on any atom is -0.478 e. The topological polar surface area (TPSA) is 225 Å². The summed E-state index contributed by atoms with van der Waals surface area (Å²) in [6.07, 6.45) is 4.85. The molecule has 14 nitrogen and oxygen atoms in total. The molecule has 0 aromatic heterocycles. The van der Waals surface area contributed by atoms with E-state index in [1.165, 1.54) is 30.3 Å². The molecular weight excluding hydrogens is 737 g/mol. The summed E-state index contributed by atoms with van der Waals surface area (Å²) < 4.78 is 56.9.